The molecular formula is C18H22N4O2. The van der Waals surface area contributed by atoms with Gasteiger partial charge in [0, 0.05) is 24.7 Å². The smallest absolute Gasteiger partial charge is 0.229 e. The second-order valence-corrected chi connectivity index (χ2v) is 6.93. The summed E-state index contributed by atoms with van der Waals surface area (Å²) < 4.78 is 0. The molecule has 0 radical (unpaired) electrons. The van der Waals surface area contributed by atoms with Crippen LogP contribution in [0.1, 0.15) is 37.9 Å². The minimum absolute atomic E-state index is 0.0700. The Morgan fingerprint density at radius 2 is 2.12 bits per heavy atom. The van der Waals surface area contributed by atoms with E-state index in [4.69, 9.17) is 0 Å². The highest BCUT2D eigenvalue weighted by Crippen LogP contribution is 2.30. The Hall–Kier alpha value is -2.37. The van der Waals surface area contributed by atoms with Crippen molar-refractivity contribution in [1.29, 1.82) is 0 Å². The summed E-state index contributed by atoms with van der Waals surface area (Å²) in [4.78, 5) is 34.2. The van der Waals surface area contributed by atoms with Crippen LogP contribution in [0.5, 0.6) is 0 Å². The van der Waals surface area contributed by atoms with Crippen LogP contribution < -0.4 is 5.32 Å². The molecule has 1 aliphatic carbocycles. The Morgan fingerprint density at radius 1 is 1.33 bits per heavy atom. The van der Waals surface area contributed by atoms with Gasteiger partial charge in [0.2, 0.25) is 11.8 Å². The van der Waals surface area contributed by atoms with E-state index in [0.717, 1.165) is 35.4 Å². The number of imidazole rings is 1. The zero-order valence-electron chi connectivity index (χ0n) is 13.8. The SMILES string of the molecule is Cc1nc2ccc(NC(=O)[C@@H]3CC(=O)N(C4CCCC4)C3)cc2[nH]1. The highest BCUT2D eigenvalue weighted by Gasteiger charge is 2.38. The van der Waals surface area contributed by atoms with Crippen molar-refractivity contribution in [3.05, 3.63) is 24.0 Å². The number of H-pyrrole nitrogens is 1. The van der Waals surface area contributed by atoms with Crippen molar-refractivity contribution < 1.29 is 9.59 Å². The van der Waals surface area contributed by atoms with Gasteiger partial charge in [0.25, 0.3) is 0 Å². The van der Waals surface area contributed by atoms with E-state index < -0.39 is 0 Å². The number of aromatic amines is 1. The molecule has 1 atom stereocenters. The summed E-state index contributed by atoms with van der Waals surface area (Å²) in [6.45, 7) is 2.46. The topological polar surface area (TPSA) is 78.1 Å². The third-order valence-electron chi connectivity index (χ3n) is 5.16. The van der Waals surface area contributed by atoms with Crippen molar-refractivity contribution in [3.8, 4) is 0 Å². The minimum Gasteiger partial charge on any atom is -0.342 e. The molecule has 2 N–H and O–H groups in total. The van der Waals surface area contributed by atoms with E-state index in [1.54, 1.807) is 0 Å². The molecule has 2 aliphatic rings. The fraction of sp³-hybridized carbons (Fsp3) is 0.500. The largest absolute Gasteiger partial charge is 0.342 e. The van der Waals surface area contributed by atoms with Crippen molar-refractivity contribution in [2.24, 2.45) is 5.92 Å². The van der Waals surface area contributed by atoms with Crippen molar-refractivity contribution >= 4 is 28.5 Å². The fourth-order valence-corrected chi connectivity index (χ4v) is 3.94. The molecule has 2 heterocycles. The second kappa shape index (κ2) is 5.92. The number of aryl methyl sites for hydroxylation is 1. The van der Waals surface area contributed by atoms with Gasteiger partial charge in [-0.3, -0.25) is 9.59 Å². The van der Waals surface area contributed by atoms with Gasteiger partial charge in [-0.15, -0.1) is 0 Å². The molecule has 0 bridgehead atoms. The van der Waals surface area contributed by atoms with Gasteiger partial charge in [-0.1, -0.05) is 12.8 Å². The van der Waals surface area contributed by atoms with Gasteiger partial charge in [-0.2, -0.15) is 0 Å². The first-order chi connectivity index (χ1) is 11.6. The van der Waals surface area contributed by atoms with Crippen LogP contribution in [0.25, 0.3) is 11.0 Å². The first-order valence-electron chi connectivity index (χ1n) is 8.67. The van der Waals surface area contributed by atoms with Crippen LogP contribution in [0.4, 0.5) is 5.69 Å². The molecule has 2 fully saturated rings. The number of rotatable bonds is 3. The molecule has 24 heavy (non-hydrogen) atoms. The molecule has 2 aromatic rings. The number of hydrogen-bond acceptors (Lipinski definition) is 3. The van der Waals surface area contributed by atoms with E-state index in [9.17, 15) is 9.59 Å². The van der Waals surface area contributed by atoms with E-state index in [1.807, 2.05) is 30.0 Å². The molecular weight excluding hydrogens is 304 g/mol. The van der Waals surface area contributed by atoms with Gasteiger partial charge in [0.05, 0.1) is 17.0 Å². The van der Waals surface area contributed by atoms with Crippen LogP contribution in [0.2, 0.25) is 0 Å². The lowest BCUT2D eigenvalue weighted by molar-refractivity contribution is -0.129. The highest BCUT2D eigenvalue weighted by atomic mass is 16.2. The van der Waals surface area contributed by atoms with Gasteiger partial charge in [0.1, 0.15) is 5.82 Å². The van der Waals surface area contributed by atoms with E-state index in [2.05, 4.69) is 15.3 Å². The number of amides is 2. The first-order valence-corrected chi connectivity index (χ1v) is 8.67. The molecule has 1 aromatic heterocycles. The number of nitrogens with one attached hydrogen (secondary N) is 2. The molecule has 0 unspecified atom stereocenters. The molecule has 1 saturated heterocycles. The number of likely N-dealkylation sites (tertiary alicyclic amines) is 1. The summed E-state index contributed by atoms with van der Waals surface area (Å²) in [5, 5.41) is 2.95. The molecule has 0 spiro atoms. The lowest BCUT2D eigenvalue weighted by Gasteiger charge is -2.23. The number of benzene rings is 1. The molecule has 2 amide bonds. The molecule has 4 rings (SSSR count). The van der Waals surface area contributed by atoms with Gasteiger partial charge in [-0.25, -0.2) is 4.98 Å². The Kier molecular flexibility index (Phi) is 3.75. The van der Waals surface area contributed by atoms with Gasteiger partial charge < -0.3 is 15.2 Å². The maximum atomic E-state index is 12.5. The Balaban J connectivity index is 1.44. The summed E-state index contributed by atoms with van der Waals surface area (Å²) in [7, 11) is 0. The van der Waals surface area contributed by atoms with Crippen LogP contribution >= 0.6 is 0 Å². The summed E-state index contributed by atoms with van der Waals surface area (Å²) in [5.74, 6) is 0.653. The maximum absolute atomic E-state index is 12.5. The molecule has 126 valence electrons. The number of anilines is 1. The summed E-state index contributed by atoms with van der Waals surface area (Å²) >= 11 is 0. The highest BCUT2D eigenvalue weighted by molar-refractivity contribution is 5.98. The molecule has 6 nitrogen and oxygen atoms in total. The molecule has 1 saturated carbocycles. The fourth-order valence-electron chi connectivity index (χ4n) is 3.94. The molecule has 6 heteroatoms. The standard InChI is InChI=1S/C18H22N4O2/c1-11-19-15-7-6-13(9-16(15)20-11)21-18(24)12-8-17(23)22(10-12)14-4-2-3-5-14/h6-7,9,12,14H,2-5,8,10H2,1H3,(H,19,20)(H,21,24)/t12-/m1/s1. The zero-order chi connectivity index (χ0) is 16.7. The Labute approximate surface area is 140 Å². The average molecular weight is 326 g/mol. The molecule has 1 aliphatic heterocycles. The maximum Gasteiger partial charge on any atom is 0.229 e. The van der Waals surface area contributed by atoms with Crippen molar-refractivity contribution in [3.63, 3.8) is 0 Å². The van der Waals surface area contributed by atoms with Crippen molar-refractivity contribution in [2.75, 3.05) is 11.9 Å². The minimum atomic E-state index is -0.253. The normalized spacial score (nSPS) is 21.8. The monoisotopic (exact) mass is 326 g/mol. The summed E-state index contributed by atoms with van der Waals surface area (Å²) in [5.41, 5.74) is 2.53. The van der Waals surface area contributed by atoms with Crippen LogP contribution in [-0.4, -0.2) is 39.3 Å². The summed E-state index contributed by atoms with van der Waals surface area (Å²) in [6.07, 6.45) is 4.86. The average Bonchev–Trinajstić information content (AvgIpc) is 3.25. The van der Waals surface area contributed by atoms with Gasteiger partial charge in [0.15, 0.2) is 0 Å². The molecule has 1 aromatic carbocycles. The van der Waals surface area contributed by atoms with E-state index >= 15 is 0 Å². The van der Waals surface area contributed by atoms with Crippen LogP contribution in [0.3, 0.4) is 0 Å². The quantitative estimate of drug-likeness (QED) is 0.910. The van der Waals surface area contributed by atoms with Crippen LogP contribution in [-0.2, 0) is 9.59 Å². The Bertz CT molecular complexity index is 791. The van der Waals surface area contributed by atoms with E-state index in [-0.39, 0.29) is 17.7 Å². The van der Waals surface area contributed by atoms with E-state index in [1.165, 1.54) is 12.8 Å². The summed E-state index contributed by atoms with van der Waals surface area (Å²) in [6, 6.07) is 5.98. The number of nitrogens with zero attached hydrogens (tertiary/aromatic N) is 2. The Morgan fingerprint density at radius 3 is 2.92 bits per heavy atom. The number of carbonyl (C=O) groups excluding carboxylic acids is 2. The predicted octanol–water partition coefficient (Wildman–Crippen LogP) is 2.60. The van der Waals surface area contributed by atoms with E-state index in [0.29, 0.717) is 19.0 Å². The number of fused-ring (bicyclic) bond motifs is 1. The predicted molar refractivity (Wildman–Crippen MR) is 91.5 cm³/mol. The van der Waals surface area contributed by atoms with Crippen LogP contribution in [0, 0.1) is 12.8 Å². The van der Waals surface area contributed by atoms with Crippen LogP contribution in [0.15, 0.2) is 18.2 Å². The lowest BCUT2D eigenvalue weighted by Crippen LogP contribution is -2.35. The zero-order valence-corrected chi connectivity index (χ0v) is 13.8. The van der Waals surface area contributed by atoms with Crippen molar-refractivity contribution in [1.82, 2.24) is 14.9 Å². The van der Waals surface area contributed by atoms with Gasteiger partial charge >= 0.3 is 0 Å². The van der Waals surface area contributed by atoms with Crippen molar-refractivity contribution in [2.45, 2.75) is 45.1 Å². The third kappa shape index (κ3) is 2.77. The number of carbonyl (C=O) groups is 2. The first kappa shape index (κ1) is 15.2. The number of hydrogen-bond donors (Lipinski definition) is 2. The lowest BCUT2D eigenvalue weighted by atomic mass is 10.1. The second-order valence-electron chi connectivity index (χ2n) is 6.93. The third-order valence-corrected chi connectivity index (χ3v) is 5.16. The number of aromatic nitrogens is 2. The van der Waals surface area contributed by atoms with Gasteiger partial charge in [-0.05, 0) is 38.0 Å².